The molecule has 1 saturated carbocycles. The van der Waals surface area contributed by atoms with E-state index < -0.39 is 0 Å². The summed E-state index contributed by atoms with van der Waals surface area (Å²) in [6.07, 6.45) is 9.52. The van der Waals surface area contributed by atoms with Crippen LogP contribution in [-0.4, -0.2) is 22.4 Å². The minimum Gasteiger partial charge on any atom is -0.314 e. The van der Waals surface area contributed by atoms with Crippen LogP contribution in [0.3, 0.4) is 0 Å². The molecule has 1 fully saturated rings. The van der Waals surface area contributed by atoms with Gasteiger partial charge < -0.3 is 5.32 Å². The Labute approximate surface area is 111 Å². The first kappa shape index (κ1) is 13.6. The van der Waals surface area contributed by atoms with Crippen molar-refractivity contribution in [1.82, 2.24) is 15.1 Å². The summed E-state index contributed by atoms with van der Waals surface area (Å²) < 4.78 is 2.00. The largest absolute Gasteiger partial charge is 0.314 e. The van der Waals surface area contributed by atoms with Crippen LogP contribution < -0.4 is 5.32 Å². The van der Waals surface area contributed by atoms with Crippen molar-refractivity contribution in [3.05, 3.63) is 17.0 Å². The van der Waals surface area contributed by atoms with Crippen LogP contribution in [0.1, 0.15) is 55.5 Å². The Kier molecular flexibility index (Phi) is 4.81. The van der Waals surface area contributed by atoms with Crippen molar-refractivity contribution < 1.29 is 0 Å². The lowest BCUT2D eigenvalue weighted by Crippen LogP contribution is -2.30. The highest BCUT2D eigenvalue weighted by Gasteiger charge is 2.13. The van der Waals surface area contributed by atoms with E-state index in [1.165, 1.54) is 55.5 Å². The highest BCUT2D eigenvalue weighted by molar-refractivity contribution is 5.24. The second-order valence-corrected chi connectivity index (χ2v) is 5.67. The topological polar surface area (TPSA) is 29.9 Å². The van der Waals surface area contributed by atoms with Gasteiger partial charge in [0.05, 0.1) is 5.69 Å². The fourth-order valence-corrected chi connectivity index (χ4v) is 3.06. The average molecular weight is 249 g/mol. The summed E-state index contributed by atoms with van der Waals surface area (Å²) in [5.74, 6) is 0. The molecule has 1 aliphatic carbocycles. The van der Waals surface area contributed by atoms with E-state index in [9.17, 15) is 0 Å². The molecule has 102 valence electrons. The Morgan fingerprint density at radius 1 is 1.17 bits per heavy atom. The van der Waals surface area contributed by atoms with Gasteiger partial charge in [0, 0.05) is 18.8 Å². The summed E-state index contributed by atoms with van der Waals surface area (Å²) in [6.45, 7) is 5.38. The lowest BCUT2D eigenvalue weighted by Gasteiger charge is -2.16. The molecule has 2 rings (SSSR count). The van der Waals surface area contributed by atoms with Gasteiger partial charge in [-0.25, -0.2) is 0 Å². The van der Waals surface area contributed by atoms with Crippen molar-refractivity contribution in [2.75, 3.05) is 6.54 Å². The molecule has 0 unspecified atom stereocenters. The third-order valence-corrected chi connectivity index (χ3v) is 4.32. The maximum Gasteiger partial charge on any atom is 0.0628 e. The van der Waals surface area contributed by atoms with Gasteiger partial charge >= 0.3 is 0 Å². The fraction of sp³-hybridized carbons (Fsp3) is 0.800. The molecule has 3 nitrogen and oxygen atoms in total. The van der Waals surface area contributed by atoms with Gasteiger partial charge in [-0.3, -0.25) is 4.68 Å². The summed E-state index contributed by atoms with van der Waals surface area (Å²) in [5.41, 5.74) is 3.94. The number of hydrogen-bond acceptors (Lipinski definition) is 2. The monoisotopic (exact) mass is 249 g/mol. The smallest absolute Gasteiger partial charge is 0.0628 e. The molecule has 1 heterocycles. The minimum atomic E-state index is 0.754. The van der Waals surface area contributed by atoms with E-state index in [4.69, 9.17) is 0 Å². The van der Waals surface area contributed by atoms with Gasteiger partial charge in [0.25, 0.3) is 0 Å². The minimum absolute atomic E-state index is 0.754. The number of nitrogens with zero attached hydrogens (tertiary/aromatic N) is 2. The molecule has 0 radical (unpaired) electrons. The number of aryl methyl sites for hydroxylation is 2. The van der Waals surface area contributed by atoms with E-state index in [1.54, 1.807) is 0 Å². The van der Waals surface area contributed by atoms with E-state index in [0.717, 1.165) is 19.0 Å². The standard InChI is InChI=1S/C15H27N3/c1-12-15(13(2)18(3)17-12)10-11-16-14-8-6-4-5-7-9-14/h14,16H,4-11H2,1-3H3. The zero-order valence-corrected chi connectivity index (χ0v) is 12.1. The molecule has 0 saturated heterocycles. The van der Waals surface area contributed by atoms with Gasteiger partial charge in [-0.15, -0.1) is 0 Å². The first-order chi connectivity index (χ1) is 8.68. The van der Waals surface area contributed by atoms with E-state index in [2.05, 4.69) is 24.3 Å². The quantitative estimate of drug-likeness (QED) is 0.832. The Hall–Kier alpha value is -0.830. The van der Waals surface area contributed by atoms with Gasteiger partial charge in [0.15, 0.2) is 0 Å². The highest BCUT2D eigenvalue weighted by atomic mass is 15.3. The number of hydrogen-bond donors (Lipinski definition) is 1. The van der Waals surface area contributed by atoms with E-state index in [-0.39, 0.29) is 0 Å². The molecule has 18 heavy (non-hydrogen) atoms. The lowest BCUT2D eigenvalue weighted by atomic mass is 10.1. The van der Waals surface area contributed by atoms with Gasteiger partial charge in [-0.05, 0) is 45.2 Å². The van der Waals surface area contributed by atoms with Crippen LogP contribution in [0.15, 0.2) is 0 Å². The molecule has 1 aromatic heterocycles. The van der Waals surface area contributed by atoms with Crippen molar-refractivity contribution >= 4 is 0 Å². The Morgan fingerprint density at radius 2 is 1.83 bits per heavy atom. The molecular weight excluding hydrogens is 222 g/mol. The normalized spacial score (nSPS) is 17.9. The summed E-state index contributed by atoms with van der Waals surface area (Å²) in [6, 6.07) is 0.754. The third kappa shape index (κ3) is 3.35. The van der Waals surface area contributed by atoms with Crippen LogP contribution in [0.5, 0.6) is 0 Å². The predicted molar refractivity (Wildman–Crippen MR) is 75.9 cm³/mol. The number of aromatic nitrogens is 2. The zero-order chi connectivity index (χ0) is 13.0. The second kappa shape index (κ2) is 6.37. The molecule has 0 aromatic carbocycles. The van der Waals surface area contributed by atoms with Crippen LogP contribution in [0.2, 0.25) is 0 Å². The fourth-order valence-electron chi connectivity index (χ4n) is 3.06. The van der Waals surface area contributed by atoms with Gasteiger partial charge in [-0.1, -0.05) is 25.7 Å². The van der Waals surface area contributed by atoms with Gasteiger partial charge in [0.2, 0.25) is 0 Å². The molecule has 1 aliphatic rings. The zero-order valence-electron chi connectivity index (χ0n) is 12.1. The summed E-state index contributed by atoms with van der Waals surface area (Å²) in [5, 5.41) is 8.22. The molecule has 0 atom stereocenters. The summed E-state index contributed by atoms with van der Waals surface area (Å²) in [4.78, 5) is 0. The SMILES string of the molecule is Cc1nn(C)c(C)c1CCNC1CCCCCC1. The number of nitrogens with one attached hydrogen (secondary N) is 1. The summed E-state index contributed by atoms with van der Waals surface area (Å²) >= 11 is 0. The molecule has 1 aromatic rings. The van der Waals surface area contributed by atoms with Crippen LogP contribution >= 0.6 is 0 Å². The maximum absolute atomic E-state index is 4.48. The van der Waals surface area contributed by atoms with Crippen LogP contribution in [0.4, 0.5) is 0 Å². The first-order valence-electron chi connectivity index (χ1n) is 7.41. The molecule has 0 bridgehead atoms. The van der Waals surface area contributed by atoms with Crippen molar-refractivity contribution in [3.63, 3.8) is 0 Å². The summed E-state index contributed by atoms with van der Waals surface area (Å²) in [7, 11) is 2.03. The van der Waals surface area contributed by atoms with Crippen molar-refractivity contribution in [3.8, 4) is 0 Å². The van der Waals surface area contributed by atoms with Gasteiger partial charge in [-0.2, -0.15) is 5.10 Å². The Balaban J connectivity index is 1.80. The maximum atomic E-state index is 4.48. The average Bonchev–Trinajstić information content (AvgIpc) is 2.57. The Morgan fingerprint density at radius 3 is 2.39 bits per heavy atom. The second-order valence-electron chi connectivity index (χ2n) is 5.67. The first-order valence-corrected chi connectivity index (χ1v) is 7.41. The van der Waals surface area contributed by atoms with E-state index in [1.807, 2.05) is 11.7 Å². The van der Waals surface area contributed by atoms with Crippen LogP contribution in [0.25, 0.3) is 0 Å². The molecule has 0 aliphatic heterocycles. The molecule has 3 heteroatoms. The molecule has 0 amide bonds. The van der Waals surface area contributed by atoms with Crippen molar-refractivity contribution in [2.24, 2.45) is 7.05 Å². The van der Waals surface area contributed by atoms with Crippen LogP contribution in [0, 0.1) is 13.8 Å². The molecular formula is C15H27N3. The van der Waals surface area contributed by atoms with E-state index >= 15 is 0 Å². The van der Waals surface area contributed by atoms with E-state index in [0.29, 0.717) is 0 Å². The number of rotatable bonds is 4. The molecule has 0 spiro atoms. The van der Waals surface area contributed by atoms with Gasteiger partial charge in [0.1, 0.15) is 0 Å². The Bertz CT molecular complexity index is 373. The molecule has 1 N–H and O–H groups in total. The highest BCUT2D eigenvalue weighted by Crippen LogP contribution is 2.17. The van der Waals surface area contributed by atoms with Crippen LogP contribution in [-0.2, 0) is 13.5 Å². The predicted octanol–water partition coefficient (Wildman–Crippen LogP) is 2.89. The third-order valence-electron chi connectivity index (χ3n) is 4.32. The lowest BCUT2D eigenvalue weighted by molar-refractivity contribution is 0.463. The van der Waals surface area contributed by atoms with Crippen molar-refractivity contribution in [1.29, 1.82) is 0 Å². The van der Waals surface area contributed by atoms with Crippen molar-refractivity contribution in [2.45, 2.75) is 64.8 Å².